The third-order valence-electron chi connectivity index (χ3n) is 6.70. The summed E-state index contributed by atoms with van der Waals surface area (Å²) in [7, 11) is 3.23. The Bertz CT molecular complexity index is 968. The highest BCUT2D eigenvalue weighted by atomic mass is 35.5. The Morgan fingerprint density at radius 1 is 1.06 bits per heavy atom. The van der Waals surface area contributed by atoms with Crippen LogP contribution in [0.2, 0.25) is 0 Å². The van der Waals surface area contributed by atoms with Crippen molar-refractivity contribution in [3.8, 4) is 17.2 Å². The number of nitrogens with zero attached hydrogens (tertiary/aromatic N) is 2. The van der Waals surface area contributed by atoms with Crippen LogP contribution in [0, 0.1) is 12.8 Å². The molecule has 2 aliphatic heterocycles. The molecule has 1 saturated heterocycles. The lowest BCUT2D eigenvalue weighted by molar-refractivity contribution is 0.0735. The van der Waals surface area contributed by atoms with E-state index in [1.54, 1.807) is 14.2 Å². The lowest BCUT2D eigenvalue weighted by Gasteiger charge is -2.27. The monoisotopic (exact) mass is 488 g/mol. The van der Waals surface area contributed by atoms with Crippen LogP contribution in [0.15, 0.2) is 36.4 Å². The standard InChI is InChI=1S/C27H36N2O4.ClH/c1-20-8-6-10-23(14-20)33-13-7-12-28-11-5-4-9-21(17-28)18-29-19-22-15-25(31-2)26(32-3)16-24(22)27(29)30;/h6,8,10,14-16,21H,4-5,7,9,11-13,17-19H2,1-3H3;1H. The van der Waals surface area contributed by atoms with E-state index in [2.05, 4.69) is 24.0 Å². The van der Waals surface area contributed by atoms with Gasteiger partial charge in [0.25, 0.3) is 5.91 Å². The number of carbonyl (C=O) groups excluding carboxylic acids is 1. The van der Waals surface area contributed by atoms with Gasteiger partial charge in [-0.25, -0.2) is 0 Å². The Hall–Kier alpha value is -2.44. The number of hydrogen-bond donors (Lipinski definition) is 0. The van der Waals surface area contributed by atoms with Crippen LogP contribution < -0.4 is 14.2 Å². The second-order valence-electron chi connectivity index (χ2n) is 9.23. The molecule has 1 atom stereocenters. The number of ether oxygens (including phenoxy) is 3. The molecule has 2 aliphatic rings. The van der Waals surface area contributed by atoms with Crippen LogP contribution in [0.3, 0.4) is 0 Å². The first kappa shape index (κ1) is 26.2. The molecule has 0 aromatic heterocycles. The number of benzene rings is 2. The predicted octanol–water partition coefficient (Wildman–Crippen LogP) is 4.96. The summed E-state index contributed by atoms with van der Waals surface area (Å²) in [5, 5.41) is 0. The molecule has 6 nitrogen and oxygen atoms in total. The molecule has 34 heavy (non-hydrogen) atoms. The highest BCUT2D eigenvalue weighted by Gasteiger charge is 2.31. The van der Waals surface area contributed by atoms with E-state index in [-0.39, 0.29) is 18.3 Å². The van der Waals surface area contributed by atoms with Crippen LogP contribution in [0.1, 0.15) is 47.2 Å². The number of rotatable bonds is 9. The van der Waals surface area contributed by atoms with Crippen LogP contribution >= 0.6 is 12.4 Å². The number of carbonyl (C=O) groups is 1. The normalized spacial score (nSPS) is 18.1. The third-order valence-corrected chi connectivity index (χ3v) is 6.70. The summed E-state index contributed by atoms with van der Waals surface area (Å²) < 4.78 is 16.7. The lowest BCUT2D eigenvalue weighted by Crippen LogP contribution is -2.36. The summed E-state index contributed by atoms with van der Waals surface area (Å²) in [6.07, 6.45) is 4.62. The van der Waals surface area contributed by atoms with Crippen molar-refractivity contribution in [2.24, 2.45) is 5.92 Å². The Labute approximate surface area is 209 Å². The summed E-state index contributed by atoms with van der Waals surface area (Å²) in [6, 6.07) is 12.0. The average Bonchev–Trinajstić information content (AvgIpc) is 2.97. The maximum Gasteiger partial charge on any atom is 0.254 e. The zero-order valence-electron chi connectivity index (χ0n) is 20.5. The molecular weight excluding hydrogens is 452 g/mol. The van der Waals surface area contributed by atoms with Gasteiger partial charge in [0.15, 0.2) is 11.5 Å². The second kappa shape index (κ2) is 12.3. The van der Waals surface area contributed by atoms with Crippen molar-refractivity contribution in [2.45, 2.75) is 39.2 Å². The van der Waals surface area contributed by atoms with Gasteiger partial charge in [-0.15, -0.1) is 12.4 Å². The maximum absolute atomic E-state index is 13.1. The van der Waals surface area contributed by atoms with Crippen molar-refractivity contribution in [1.29, 1.82) is 0 Å². The summed E-state index contributed by atoms with van der Waals surface area (Å²) in [4.78, 5) is 17.6. The fourth-order valence-electron chi connectivity index (χ4n) is 5.01. The van der Waals surface area contributed by atoms with E-state index < -0.39 is 0 Å². The van der Waals surface area contributed by atoms with Gasteiger partial charge < -0.3 is 24.0 Å². The summed E-state index contributed by atoms with van der Waals surface area (Å²) in [6.45, 7) is 7.46. The van der Waals surface area contributed by atoms with Crippen molar-refractivity contribution < 1.29 is 19.0 Å². The first-order valence-corrected chi connectivity index (χ1v) is 12.0. The summed E-state index contributed by atoms with van der Waals surface area (Å²) >= 11 is 0. The number of amides is 1. The number of methoxy groups -OCH3 is 2. The first-order valence-electron chi connectivity index (χ1n) is 12.0. The van der Waals surface area contributed by atoms with E-state index >= 15 is 0 Å². The SMILES string of the molecule is COc1cc2c(cc1OC)C(=O)N(CC1CCCCN(CCCOc3cccc(C)c3)C1)C2.Cl. The van der Waals surface area contributed by atoms with Crippen molar-refractivity contribution in [2.75, 3.05) is 47.0 Å². The lowest BCUT2D eigenvalue weighted by atomic mass is 10.0. The Morgan fingerprint density at radius 2 is 1.85 bits per heavy atom. The van der Waals surface area contributed by atoms with Gasteiger partial charge in [0.2, 0.25) is 0 Å². The van der Waals surface area contributed by atoms with E-state index in [4.69, 9.17) is 14.2 Å². The zero-order chi connectivity index (χ0) is 23.2. The Kier molecular flexibility index (Phi) is 9.48. The molecule has 186 valence electrons. The minimum atomic E-state index is 0. The molecular formula is C27H37ClN2O4. The van der Waals surface area contributed by atoms with E-state index in [0.29, 0.717) is 24.0 Å². The first-order chi connectivity index (χ1) is 16.1. The molecule has 1 fully saturated rings. The smallest absolute Gasteiger partial charge is 0.254 e. The Morgan fingerprint density at radius 3 is 2.62 bits per heavy atom. The van der Waals surface area contributed by atoms with Crippen LogP contribution in [0.25, 0.3) is 0 Å². The van der Waals surface area contributed by atoms with E-state index in [0.717, 1.165) is 56.1 Å². The van der Waals surface area contributed by atoms with Gasteiger partial charge in [-0.3, -0.25) is 4.79 Å². The fourth-order valence-corrected chi connectivity index (χ4v) is 5.01. The molecule has 0 saturated carbocycles. The van der Waals surface area contributed by atoms with Gasteiger partial charge in [0.1, 0.15) is 5.75 Å². The summed E-state index contributed by atoms with van der Waals surface area (Å²) in [5.74, 6) is 2.84. The van der Waals surface area contributed by atoms with Gasteiger partial charge in [-0.1, -0.05) is 18.6 Å². The molecule has 2 heterocycles. The molecule has 7 heteroatoms. The van der Waals surface area contributed by atoms with Gasteiger partial charge in [0, 0.05) is 31.7 Å². The number of halogens is 1. The fraction of sp³-hybridized carbons (Fsp3) is 0.519. The van der Waals surface area contributed by atoms with Crippen molar-refractivity contribution >= 4 is 18.3 Å². The number of aryl methyl sites for hydroxylation is 1. The summed E-state index contributed by atoms with van der Waals surface area (Å²) in [5.41, 5.74) is 2.99. The third kappa shape index (κ3) is 6.36. The zero-order valence-corrected chi connectivity index (χ0v) is 21.4. The molecule has 0 bridgehead atoms. The molecule has 2 aromatic carbocycles. The quantitative estimate of drug-likeness (QED) is 0.467. The second-order valence-corrected chi connectivity index (χ2v) is 9.23. The largest absolute Gasteiger partial charge is 0.494 e. The molecule has 0 N–H and O–H groups in total. The molecule has 2 aromatic rings. The number of fused-ring (bicyclic) bond motifs is 1. The van der Waals surface area contributed by atoms with E-state index in [1.807, 2.05) is 29.2 Å². The molecule has 0 spiro atoms. The highest BCUT2D eigenvalue weighted by Crippen LogP contribution is 2.35. The van der Waals surface area contributed by atoms with Crippen molar-refractivity contribution in [3.05, 3.63) is 53.1 Å². The number of hydrogen-bond acceptors (Lipinski definition) is 5. The minimum absolute atomic E-state index is 0. The average molecular weight is 489 g/mol. The highest BCUT2D eigenvalue weighted by molar-refractivity contribution is 5.99. The maximum atomic E-state index is 13.1. The van der Waals surface area contributed by atoms with Crippen LogP contribution in [0.5, 0.6) is 17.2 Å². The van der Waals surface area contributed by atoms with Crippen LogP contribution in [0.4, 0.5) is 0 Å². The van der Waals surface area contributed by atoms with Crippen LogP contribution in [-0.2, 0) is 6.54 Å². The van der Waals surface area contributed by atoms with Gasteiger partial charge in [-0.2, -0.15) is 0 Å². The molecule has 0 aliphatic carbocycles. The molecule has 4 rings (SSSR count). The van der Waals surface area contributed by atoms with Gasteiger partial charge >= 0.3 is 0 Å². The van der Waals surface area contributed by atoms with Gasteiger partial charge in [0.05, 0.1) is 20.8 Å². The van der Waals surface area contributed by atoms with Gasteiger partial charge in [-0.05, 0) is 74.0 Å². The van der Waals surface area contributed by atoms with Crippen LogP contribution in [-0.4, -0.2) is 62.7 Å². The minimum Gasteiger partial charge on any atom is -0.494 e. The topological polar surface area (TPSA) is 51.2 Å². The van der Waals surface area contributed by atoms with E-state index in [1.165, 1.54) is 24.8 Å². The Balaban J connectivity index is 0.00000324. The number of likely N-dealkylation sites (tertiary alicyclic amines) is 1. The molecule has 1 unspecified atom stereocenters. The molecule has 1 amide bonds. The predicted molar refractivity (Wildman–Crippen MR) is 137 cm³/mol. The van der Waals surface area contributed by atoms with Crippen molar-refractivity contribution in [3.63, 3.8) is 0 Å². The van der Waals surface area contributed by atoms with E-state index in [9.17, 15) is 4.79 Å². The molecule has 0 radical (unpaired) electrons. The van der Waals surface area contributed by atoms with Crippen molar-refractivity contribution in [1.82, 2.24) is 9.80 Å².